The fourth-order valence-electron chi connectivity index (χ4n) is 5.09. The van der Waals surface area contributed by atoms with Gasteiger partial charge in [-0.05, 0) is 43.9 Å². The predicted molar refractivity (Wildman–Crippen MR) is 124 cm³/mol. The largest absolute Gasteiger partial charge is 0.490 e. The van der Waals surface area contributed by atoms with E-state index in [2.05, 4.69) is 5.32 Å². The van der Waals surface area contributed by atoms with Crippen LogP contribution in [0.15, 0.2) is 18.2 Å². The second-order valence-corrected chi connectivity index (χ2v) is 9.70. The third-order valence-electron chi connectivity index (χ3n) is 7.16. The lowest BCUT2D eigenvalue weighted by Crippen LogP contribution is -2.53. The molecule has 0 aromatic heterocycles. The maximum atomic E-state index is 13.3. The highest BCUT2D eigenvalue weighted by atomic mass is 16.5. The third-order valence-corrected chi connectivity index (χ3v) is 7.16. The van der Waals surface area contributed by atoms with Crippen molar-refractivity contribution in [3.63, 3.8) is 0 Å². The van der Waals surface area contributed by atoms with Gasteiger partial charge in [-0.1, -0.05) is 19.3 Å². The zero-order valence-electron chi connectivity index (χ0n) is 19.8. The van der Waals surface area contributed by atoms with E-state index in [0.29, 0.717) is 36.4 Å². The van der Waals surface area contributed by atoms with Crippen LogP contribution >= 0.6 is 0 Å². The minimum Gasteiger partial charge on any atom is -0.490 e. The summed E-state index contributed by atoms with van der Waals surface area (Å²) in [6.45, 7) is 0.301. The standard InChI is InChI=1S/C25H35N3O5/c1-27(2)23(29)14-18-10-11-20-22(33-18)15-32-21-12-9-17(13-19(21)25(31)28(20)3)26-24(30)16-7-5-4-6-8-16/h9,12-13,16,18,20,22H,4-8,10-11,14-15H2,1-3H3,(H,26,30)/t18-,20-,22-/m0/s1. The van der Waals surface area contributed by atoms with Crippen molar-refractivity contribution in [1.82, 2.24) is 9.80 Å². The summed E-state index contributed by atoms with van der Waals surface area (Å²) < 4.78 is 12.2. The second-order valence-electron chi connectivity index (χ2n) is 9.70. The summed E-state index contributed by atoms with van der Waals surface area (Å²) in [7, 11) is 5.27. The Balaban J connectivity index is 1.47. The van der Waals surface area contributed by atoms with Gasteiger partial charge in [0.1, 0.15) is 18.5 Å². The van der Waals surface area contributed by atoms with E-state index in [1.807, 2.05) is 0 Å². The summed E-state index contributed by atoms with van der Waals surface area (Å²) in [4.78, 5) is 41.4. The molecule has 8 nitrogen and oxygen atoms in total. The van der Waals surface area contributed by atoms with Crippen molar-refractivity contribution in [2.24, 2.45) is 5.92 Å². The van der Waals surface area contributed by atoms with Crippen LogP contribution in [0, 0.1) is 5.92 Å². The van der Waals surface area contributed by atoms with Crippen molar-refractivity contribution in [3.8, 4) is 5.75 Å². The molecule has 1 aliphatic carbocycles. The van der Waals surface area contributed by atoms with Gasteiger partial charge in [-0.3, -0.25) is 14.4 Å². The zero-order chi connectivity index (χ0) is 23.5. The highest BCUT2D eigenvalue weighted by Gasteiger charge is 2.39. The first-order valence-corrected chi connectivity index (χ1v) is 12.0. The van der Waals surface area contributed by atoms with Gasteiger partial charge in [-0.25, -0.2) is 0 Å². The molecular weight excluding hydrogens is 422 g/mol. The molecule has 3 aliphatic rings. The number of benzene rings is 1. The molecule has 4 rings (SSSR count). The molecule has 1 aromatic rings. The SMILES string of the molecule is CN(C)C(=O)C[C@@H]1CC[C@H]2[C@H](COc3ccc(NC(=O)C4CCCCC4)cc3C(=O)N2C)O1. The second kappa shape index (κ2) is 10.1. The highest BCUT2D eigenvalue weighted by Crippen LogP contribution is 2.33. The Kier molecular flexibility index (Phi) is 7.22. The molecule has 1 N–H and O–H groups in total. The molecule has 180 valence electrons. The quantitative estimate of drug-likeness (QED) is 0.751. The van der Waals surface area contributed by atoms with Gasteiger partial charge in [0.05, 0.1) is 24.1 Å². The van der Waals surface area contributed by atoms with Crippen molar-refractivity contribution in [2.45, 2.75) is 69.6 Å². The van der Waals surface area contributed by atoms with E-state index in [0.717, 1.165) is 32.1 Å². The highest BCUT2D eigenvalue weighted by molar-refractivity contribution is 6.00. The smallest absolute Gasteiger partial charge is 0.257 e. The number of amides is 3. The summed E-state index contributed by atoms with van der Waals surface area (Å²) in [5.74, 6) is 0.433. The van der Waals surface area contributed by atoms with Crippen LogP contribution in [0.3, 0.4) is 0 Å². The Labute approximate surface area is 195 Å². The van der Waals surface area contributed by atoms with Crippen LogP contribution < -0.4 is 10.1 Å². The average molecular weight is 458 g/mol. The summed E-state index contributed by atoms with van der Waals surface area (Å²) >= 11 is 0. The molecule has 33 heavy (non-hydrogen) atoms. The normalized spacial score (nSPS) is 25.7. The number of likely N-dealkylation sites (N-methyl/N-ethyl adjacent to an activating group) is 1. The van der Waals surface area contributed by atoms with Crippen molar-refractivity contribution < 1.29 is 23.9 Å². The van der Waals surface area contributed by atoms with Gasteiger partial charge in [0, 0.05) is 32.7 Å². The molecule has 0 unspecified atom stereocenters. The summed E-state index contributed by atoms with van der Waals surface area (Å²) in [5.41, 5.74) is 1.07. The van der Waals surface area contributed by atoms with E-state index in [1.165, 1.54) is 6.42 Å². The van der Waals surface area contributed by atoms with Crippen molar-refractivity contribution in [2.75, 3.05) is 33.1 Å². The minimum absolute atomic E-state index is 0.0290. The van der Waals surface area contributed by atoms with E-state index in [-0.39, 0.29) is 41.9 Å². The first-order valence-electron chi connectivity index (χ1n) is 12.0. The molecule has 8 heteroatoms. The summed E-state index contributed by atoms with van der Waals surface area (Å²) in [6, 6.07) is 5.12. The van der Waals surface area contributed by atoms with E-state index >= 15 is 0 Å². The molecule has 0 spiro atoms. The Morgan fingerprint density at radius 1 is 1.12 bits per heavy atom. The van der Waals surface area contributed by atoms with E-state index in [9.17, 15) is 14.4 Å². The minimum atomic E-state index is -0.300. The van der Waals surface area contributed by atoms with Gasteiger partial charge < -0.3 is 24.6 Å². The van der Waals surface area contributed by atoms with Gasteiger partial charge in [-0.15, -0.1) is 0 Å². The molecule has 2 fully saturated rings. The first-order chi connectivity index (χ1) is 15.8. The van der Waals surface area contributed by atoms with Gasteiger partial charge in [0.25, 0.3) is 5.91 Å². The topological polar surface area (TPSA) is 88.2 Å². The lowest BCUT2D eigenvalue weighted by Gasteiger charge is -2.42. The molecule has 3 amide bonds. The number of nitrogens with one attached hydrogen (secondary N) is 1. The Bertz CT molecular complexity index is 896. The molecule has 0 bridgehead atoms. The Morgan fingerprint density at radius 2 is 1.88 bits per heavy atom. The van der Waals surface area contributed by atoms with Crippen molar-refractivity contribution in [1.29, 1.82) is 0 Å². The lowest BCUT2D eigenvalue weighted by atomic mass is 9.88. The number of carbonyl (C=O) groups excluding carboxylic acids is 3. The molecule has 1 aromatic carbocycles. The Morgan fingerprint density at radius 3 is 2.61 bits per heavy atom. The monoisotopic (exact) mass is 457 g/mol. The van der Waals surface area contributed by atoms with Crippen molar-refractivity contribution in [3.05, 3.63) is 23.8 Å². The summed E-state index contributed by atoms with van der Waals surface area (Å²) in [5, 5.41) is 3.00. The number of hydrogen-bond donors (Lipinski definition) is 1. The molecule has 0 radical (unpaired) electrons. The molecular formula is C25H35N3O5. The first kappa shape index (κ1) is 23.5. The maximum absolute atomic E-state index is 13.3. The van der Waals surface area contributed by atoms with E-state index < -0.39 is 0 Å². The van der Waals surface area contributed by atoms with Crippen molar-refractivity contribution >= 4 is 23.4 Å². The van der Waals surface area contributed by atoms with Crippen LogP contribution in [0.25, 0.3) is 0 Å². The maximum Gasteiger partial charge on any atom is 0.257 e. The fourth-order valence-corrected chi connectivity index (χ4v) is 5.09. The van der Waals surface area contributed by atoms with Gasteiger partial charge in [-0.2, -0.15) is 0 Å². The fraction of sp³-hybridized carbons (Fsp3) is 0.640. The molecule has 1 saturated heterocycles. The number of fused-ring (bicyclic) bond motifs is 2. The van der Waals surface area contributed by atoms with E-state index in [4.69, 9.17) is 9.47 Å². The lowest BCUT2D eigenvalue weighted by molar-refractivity contribution is -0.140. The number of carbonyl (C=O) groups is 3. The van der Waals surface area contributed by atoms with Gasteiger partial charge in [0.15, 0.2) is 0 Å². The third kappa shape index (κ3) is 5.32. The molecule has 2 heterocycles. The number of hydrogen-bond acceptors (Lipinski definition) is 5. The van der Waals surface area contributed by atoms with Crippen LogP contribution in [0.4, 0.5) is 5.69 Å². The van der Waals surface area contributed by atoms with Crippen LogP contribution in [0.2, 0.25) is 0 Å². The number of ether oxygens (including phenoxy) is 2. The average Bonchev–Trinajstić information content (AvgIpc) is 2.82. The van der Waals surface area contributed by atoms with Gasteiger partial charge in [0.2, 0.25) is 11.8 Å². The Hall–Kier alpha value is -2.61. The van der Waals surface area contributed by atoms with Crippen LogP contribution in [-0.2, 0) is 14.3 Å². The number of anilines is 1. The van der Waals surface area contributed by atoms with Gasteiger partial charge >= 0.3 is 0 Å². The number of rotatable bonds is 4. The summed E-state index contributed by atoms with van der Waals surface area (Å²) in [6.07, 6.45) is 6.53. The van der Waals surface area contributed by atoms with E-state index in [1.54, 1.807) is 49.1 Å². The molecule has 2 aliphatic heterocycles. The number of nitrogens with zero attached hydrogens (tertiary/aromatic N) is 2. The van der Waals surface area contributed by atoms with Crippen LogP contribution in [0.1, 0.15) is 61.7 Å². The van der Waals surface area contributed by atoms with Crippen LogP contribution in [-0.4, -0.2) is 73.5 Å². The molecule has 1 saturated carbocycles. The van der Waals surface area contributed by atoms with Crippen LogP contribution in [0.5, 0.6) is 5.75 Å². The zero-order valence-corrected chi connectivity index (χ0v) is 19.8. The molecule has 3 atom stereocenters. The predicted octanol–water partition coefficient (Wildman–Crippen LogP) is 3.06.